The fourth-order valence-electron chi connectivity index (χ4n) is 3.18. The molecule has 1 aliphatic rings. The number of aromatic nitrogens is 2. The first-order valence-electron chi connectivity index (χ1n) is 8.55. The minimum Gasteiger partial charge on any atom is -0.497 e. The maximum absolute atomic E-state index is 12.5. The fraction of sp³-hybridized carbons (Fsp3) is 0.316. The van der Waals surface area contributed by atoms with Gasteiger partial charge in [-0.05, 0) is 49.2 Å². The largest absolute Gasteiger partial charge is 0.497 e. The lowest BCUT2D eigenvalue weighted by Gasteiger charge is -2.30. The van der Waals surface area contributed by atoms with Gasteiger partial charge in [0.05, 0.1) is 19.3 Å². The Morgan fingerprint density at radius 3 is 2.85 bits per heavy atom. The number of carbonyl (C=O) groups is 1. The summed E-state index contributed by atoms with van der Waals surface area (Å²) in [6, 6.07) is 10.9. The molecule has 2 aromatic heterocycles. The van der Waals surface area contributed by atoms with E-state index in [1.54, 1.807) is 24.1 Å². The third-order valence-electron chi connectivity index (χ3n) is 4.58. The highest BCUT2D eigenvalue weighted by Gasteiger charge is 2.30. The first-order valence-corrected chi connectivity index (χ1v) is 8.55. The predicted molar refractivity (Wildman–Crippen MR) is 92.9 cm³/mol. The summed E-state index contributed by atoms with van der Waals surface area (Å²) in [5.74, 6) is 2.16. The van der Waals surface area contributed by atoms with Gasteiger partial charge in [-0.15, -0.1) is 0 Å². The number of ether oxygens (including phenoxy) is 1. The van der Waals surface area contributed by atoms with Crippen LogP contribution in [0, 0.1) is 0 Å². The molecule has 1 fully saturated rings. The Bertz CT molecular complexity index is 871. The van der Waals surface area contributed by atoms with E-state index in [1.165, 1.54) is 6.26 Å². The highest BCUT2D eigenvalue weighted by Crippen LogP contribution is 2.28. The second kappa shape index (κ2) is 7.03. The molecule has 3 aromatic rings. The Morgan fingerprint density at radius 2 is 2.12 bits per heavy atom. The van der Waals surface area contributed by atoms with Gasteiger partial charge >= 0.3 is 0 Å². The zero-order valence-corrected chi connectivity index (χ0v) is 14.4. The third kappa shape index (κ3) is 3.20. The minimum atomic E-state index is -0.102. The maximum Gasteiger partial charge on any atom is 0.289 e. The Balaban J connectivity index is 1.49. The quantitative estimate of drug-likeness (QED) is 0.715. The van der Waals surface area contributed by atoms with Gasteiger partial charge < -0.3 is 18.6 Å². The summed E-state index contributed by atoms with van der Waals surface area (Å²) in [4.78, 5) is 18.8. The van der Waals surface area contributed by atoms with E-state index in [2.05, 4.69) is 10.1 Å². The van der Waals surface area contributed by atoms with Crippen LogP contribution in [0.4, 0.5) is 0 Å². The Morgan fingerprint density at radius 1 is 1.27 bits per heavy atom. The van der Waals surface area contributed by atoms with Crippen LogP contribution in [0.25, 0.3) is 11.4 Å². The van der Waals surface area contributed by atoms with Crippen molar-refractivity contribution >= 4 is 5.91 Å². The summed E-state index contributed by atoms with van der Waals surface area (Å²) in [6.45, 7) is 1.25. The van der Waals surface area contributed by atoms with Gasteiger partial charge in [0.2, 0.25) is 11.7 Å². The zero-order valence-electron chi connectivity index (χ0n) is 14.4. The van der Waals surface area contributed by atoms with Crippen molar-refractivity contribution in [3.05, 3.63) is 54.3 Å². The molecule has 3 heterocycles. The summed E-state index contributed by atoms with van der Waals surface area (Å²) < 4.78 is 15.9. The monoisotopic (exact) mass is 353 g/mol. The third-order valence-corrected chi connectivity index (χ3v) is 4.58. The van der Waals surface area contributed by atoms with Gasteiger partial charge in [0.15, 0.2) is 5.76 Å². The fourth-order valence-corrected chi connectivity index (χ4v) is 3.18. The van der Waals surface area contributed by atoms with Crippen LogP contribution in [-0.4, -0.2) is 41.1 Å². The topological polar surface area (TPSA) is 81.6 Å². The lowest BCUT2D eigenvalue weighted by molar-refractivity contribution is 0.0663. The number of carbonyl (C=O) groups excluding carboxylic acids is 1. The number of piperidine rings is 1. The highest BCUT2D eigenvalue weighted by atomic mass is 16.5. The Hall–Kier alpha value is -3.09. The molecule has 0 spiro atoms. The van der Waals surface area contributed by atoms with E-state index in [0.717, 1.165) is 24.2 Å². The minimum absolute atomic E-state index is 0.0298. The lowest BCUT2D eigenvalue weighted by Crippen LogP contribution is -2.39. The van der Waals surface area contributed by atoms with E-state index in [0.29, 0.717) is 30.6 Å². The standard InChI is InChI=1S/C19H19N3O4/c1-24-15-8-6-13(7-9-15)17-20-18(26-21-17)14-4-2-10-22(12-14)19(23)16-5-3-11-25-16/h3,5-9,11,14H,2,4,10,12H2,1H3/t14-/m1/s1. The van der Waals surface area contributed by atoms with Crippen LogP contribution in [-0.2, 0) is 0 Å². The molecule has 1 saturated heterocycles. The first-order chi connectivity index (χ1) is 12.7. The van der Waals surface area contributed by atoms with Gasteiger partial charge in [-0.2, -0.15) is 4.98 Å². The smallest absolute Gasteiger partial charge is 0.289 e. The molecule has 7 nitrogen and oxygen atoms in total. The number of nitrogens with zero attached hydrogens (tertiary/aromatic N) is 3. The number of hydrogen-bond acceptors (Lipinski definition) is 6. The van der Waals surface area contributed by atoms with E-state index >= 15 is 0 Å². The van der Waals surface area contributed by atoms with Gasteiger partial charge in [-0.25, -0.2) is 0 Å². The molecule has 0 saturated carbocycles. The van der Waals surface area contributed by atoms with Gasteiger partial charge in [-0.1, -0.05) is 5.16 Å². The van der Waals surface area contributed by atoms with Crippen LogP contribution in [0.15, 0.2) is 51.6 Å². The average molecular weight is 353 g/mol. The van der Waals surface area contributed by atoms with Crippen molar-refractivity contribution in [1.82, 2.24) is 15.0 Å². The molecule has 26 heavy (non-hydrogen) atoms. The van der Waals surface area contributed by atoms with Crippen molar-refractivity contribution in [1.29, 1.82) is 0 Å². The molecule has 1 amide bonds. The van der Waals surface area contributed by atoms with Crippen molar-refractivity contribution in [2.75, 3.05) is 20.2 Å². The van der Waals surface area contributed by atoms with Gasteiger partial charge in [0.25, 0.3) is 5.91 Å². The molecule has 0 aliphatic carbocycles. The van der Waals surface area contributed by atoms with Crippen LogP contribution in [0.1, 0.15) is 35.2 Å². The number of hydrogen-bond donors (Lipinski definition) is 0. The molecule has 134 valence electrons. The predicted octanol–water partition coefficient (Wildman–Crippen LogP) is 3.36. The molecule has 0 unspecified atom stereocenters. The number of likely N-dealkylation sites (tertiary alicyclic amines) is 1. The first kappa shape index (κ1) is 16.4. The van der Waals surface area contributed by atoms with Gasteiger partial charge in [0, 0.05) is 18.7 Å². The van der Waals surface area contributed by atoms with Crippen LogP contribution in [0.3, 0.4) is 0 Å². The maximum atomic E-state index is 12.5. The Kier molecular flexibility index (Phi) is 4.43. The summed E-state index contributed by atoms with van der Waals surface area (Å²) in [5.41, 5.74) is 0.861. The van der Waals surface area contributed by atoms with Crippen LogP contribution in [0.2, 0.25) is 0 Å². The van der Waals surface area contributed by atoms with E-state index in [1.807, 2.05) is 24.3 Å². The summed E-state index contributed by atoms with van der Waals surface area (Å²) in [5, 5.41) is 4.09. The molecule has 4 rings (SSSR count). The summed E-state index contributed by atoms with van der Waals surface area (Å²) in [6.07, 6.45) is 3.30. The molecule has 1 aromatic carbocycles. The van der Waals surface area contributed by atoms with E-state index in [4.69, 9.17) is 13.7 Å². The number of methoxy groups -OCH3 is 1. The number of rotatable bonds is 4. The second-order valence-electron chi connectivity index (χ2n) is 6.25. The average Bonchev–Trinajstić information content (AvgIpc) is 3.40. The van der Waals surface area contributed by atoms with Crippen molar-refractivity contribution in [2.45, 2.75) is 18.8 Å². The summed E-state index contributed by atoms with van der Waals surface area (Å²) in [7, 11) is 1.63. The van der Waals surface area contributed by atoms with Crippen LogP contribution >= 0.6 is 0 Å². The lowest BCUT2D eigenvalue weighted by atomic mass is 9.97. The van der Waals surface area contributed by atoms with Crippen molar-refractivity contribution in [3.63, 3.8) is 0 Å². The SMILES string of the molecule is COc1ccc(-c2noc([C@@H]3CCCN(C(=O)c4ccco4)C3)n2)cc1. The highest BCUT2D eigenvalue weighted by molar-refractivity contribution is 5.91. The molecule has 1 aliphatic heterocycles. The Labute approximate surface area is 150 Å². The molecule has 1 atom stereocenters. The number of amides is 1. The zero-order chi connectivity index (χ0) is 17.9. The van der Waals surface area contributed by atoms with E-state index in [-0.39, 0.29) is 11.8 Å². The van der Waals surface area contributed by atoms with Crippen LogP contribution in [0.5, 0.6) is 5.75 Å². The summed E-state index contributed by atoms with van der Waals surface area (Å²) >= 11 is 0. The van der Waals surface area contributed by atoms with Gasteiger partial charge in [0.1, 0.15) is 5.75 Å². The van der Waals surface area contributed by atoms with Crippen LogP contribution < -0.4 is 4.74 Å². The second-order valence-corrected chi connectivity index (χ2v) is 6.25. The molecular weight excluding hydrogens is 334 g/mol. The van der Waals surface area contributed by atoms with Gasteiger partial charge in [-0.3, -0.25) is 4.79 Å². The number of furan rings is 1. The van der Waals surface area contributed by atoms with E-state index in [9.17, 15) is 4.79 Å². The number of benzene rings is 1. The molecule has 0 radical (unpaired) electrons. The normalized spacial score (nSPS) is 17.3. The molecular formula is C19H19N3O4. The molecule has 0 bridgehead atoms. The van der Waals surface area contributed by atoms with Crippen molar-refractivity contribution < 1.29 is 18.5 Å². The molecule has 0 N–H and O–H groups in total. The van der Waals surface area contributed by atoms with E-state index < -0.39 is 0 Å². The molecule has 7 heteroatoms. The van der Waals surface area contributed by atoms with Crippen molar-refractivity contribution in [2.24, 2.45) is 0 Å². The van der Waals surface area contributed by atoms with Crippen molar-refractivity contribution in [3.8, 4) is 17.1 Å².